The molecule has 0 unspecified atom stereocenters. The van der Waals surface area contributed by atoms with E-state index in [-0.39, 0.29) is 30.5 Å². The van der Waals surface area contributed by atoms with Gasteiger partial charge in [-0.15, -0.1) is 11.3 Å². The zero-order chi connectivity index (χ0) is 29.4. The van der Waals surface area contributed by atoms with Crippen LogP contribution in [0.5, 0.6) is 11.5 Å². The van der Waals surface area contributed by atoms with Gasteiger partial charge in [0.15, 0.2) is 0 Å². The first kappa shape index (κ1) is 27.7. The van der Waals surface area contributed by atoms with E-state index in [2.05, 4.69) is 15.6 Å². The number of hydrogen-bond acceptors (Lipinski definition) is 7. The first-order valence-corrected chi connectivity index (χ1v) is 14.7. The number of likely N-dealkylation sites (tertiary alicyclic amines) is 1. The first-order valence-electron chi connectivity index (χ1n) is 13.9. The quantitative estimate of drug-likeness (QED) is 0.266. The summed E-state index contributed by atoms with van der Waals surface area (Å²) < 4.78 is 5.97. The number of amides is 4. The van der Waals surface area contributed by atoms with Gasteiger partial charge in [0.2, 0.25) is 5.91 Å². The Hall–Kier alpha value is -4.48. The average molecular weight is 586 g/mol. The number of carbonyl (C=O) groups is 3. The second-order valence-electron chi connectivity index (χ2n) is 10.6. The summed E-state index contributed by atoms with van der Waals surface area (Å²) in [5.74, 6) is 0.455. The predicted octanol–water partition coefficient (Wildman–Crippen LogP) is 5.43. The number of rotatable bonds is 7. The fraction of sp³-hybridized carbons (Fsp3) is 0.290. The maximum Gasteiger partial charge on any atom is 0.331 e. The predicted molar refractivity (Wildman–Crippen MR) is 162 cm³/mol. The number of piperidine rings is 1. The highest BCUT2D eigenvalue weighted by atomic mass is 32.1. The Kier molecular flexibility index (Phi) is 7.53. The normalized spacial score (nSPS) is 17.1. The van der Waals surface area contributed by atoms with Crippen LogP contribution in [0.1, 0.15) is 35.0 Å². The highest BCUT2D eigenvalue weighted by molar-refractivity contribution is 7.21. The molecule has 1 saturated heterocycles. The number of aliphatic hydroxyl groups excluding tert-OH is 1. The van der Waals surface area contributed by atoms with E-state index in [1.165, 1.54) is 11.3 Å². The van der Waals surface area contributed by atoms with Gasteiger partial charge >= 0.3 is 6.03 Å². The maximum absolute atomic E-state index is 13.6. The Balaban J connectivity index is 1.26. The first-order chi connectivity index (χ1) is 20.3. The number of aromatic nitrogens is 1. The number of anilines is 3. The molecule has 2 aliphatic rings. The molecule has 10 nitrogen and oxygen atoms in total. The molecule has 3 N–H and O–H groups in total. The van der Waals surface area contributed by atoms with Crippen molar-refractivity contribution in [2.75, 3.05) is 29.9 Å². The number of benzene rings is 2. The molecule has 4 aromatic rings. The molecule has 4 amide bonds. The fourth-order valence-electron chi connectivity index (χ4n) is 5.49. The van der Waals surface area contributed by atoms with E-state index in [1.54, 1.807) is 29.0 Å². The number of aliphatic hydroxyl groups is 1. The Labute approximate surface area is 246 Å². The summed E-state index contributed by atoms with van der Waals surface area (Å²) in [6, 6.07) is 16.2. The number of hydrogen-bond donors (Lipinski definition) is 3. The SMILES string of the molecule is Cc1cc(Oc2ccccc2)ccc1N1C(=O)Nc2c(C(=O)N[C@@H]3CCCN(C(=O)[C@H](C)CO)C3)sc3nccc1c23. The number of pyridine rings is 1. The minimum Gasteiger partial charge on any atom is -0.457 e. The molecule has 0 saturated carbocycles. The van der Waals surface area contributed by atoms with Gasteiger partial charge in [-0.25, -0.2) is 9.78 Å². The lowest BCUT2D eigenvalue weighted by Gasteiger charge is -2.34. The molecule has 0 spiro atoms. The Morgan fingerprint density at radius 2 is 1.98 bits per heavy atom. The number of aryl methyl sites for hydroxylation is 1. The standard InChI is InChI=1S/C31H31N5O5S/c1-18-15-22(41-21-8-4-3-5-9-21)10-11-23(18)36-24-12-13-32-29-25(24)26(34-31(36)40)27(42-29)28(38)33-20-7-6-14-35(16-20)30(39)19(2)17-37/h3-5,8-13,15,19-20,37H,6-7,14,16-17H2,1-2H3,(H,33,38)(H,34,40)/t19-,20-/m1/s1. The molecule has 2 aliphatic heterocycles. The molecule has 1 fully saturated rings. The van der Waals surface area contributed by atoms with Crippen LogP contribution < -0.4 is 20.3 Å². The third kappa shape index (κ3) is 5.17. The number of para-hydroxylation sites is 1. The van der Waals surface area contributed by atoms with Crippen molar-refractivity contribution in [1.82, 2.24) is 15.2 Å². The lowest BCUT2D eigenvalue weighted by molar-refractivity contribution is -0.137. The molecule has 4 heterocycles. The van der Waals surface area contributed by atoms with Crippen LogP contribution >= 0.6 is 11.3 Å². The maximum atomic E-state index is 13.6. The highest BCUT2D eigenvalue weighted by Crippen LogP contribution is 2.46. The van der Waals surface area contributed by atoms with Crippen LogP contribution in [-0.2, 0) is 4.79 Å². The van der Waals surface area contributed by atoms with Gasteiger partial charge in [0, 0.05) is 25.3 Å². The van der Waals surface area contributed by atoms with Gasteiger partial charge in [-0.2, -0.15) is 0 Å². The van der Waals surface area contributed by atoms with Crippen molar-refractivity contribution < 1.29 is 24.2 Å². The van der Waals surface area contributed by atoms with Crippen molar-refractivity contribution in [3.05, 3.63) is 71.2 Å². The third-order valence-corrected chi connectivity index (χ3v) is 8.70. The summed E-state index contributed by atoms with van der Waals surface area (Å²) in [4.78, 5) is 48.5. The van der Waals surface area contributed by atoms with Crippen molar-refractivity contribution in [1.29, 1.82) is 0 Å². The Morgan fingerprint density at radius 3 is 2.74 bits per heavy atom. The van der Waals surface area contributed by atoms with Gasteiger partial charge in [0.05, 0.1) is 35.0 Å². The summed E-state index contributed by atoms with van der Waals surface area (Å²) in [5.41, 5.74) is 2.61. The number of ether oxygens (including phenoxy) is 1. The largest absolute Gasteiger partial charge is 0.457 e. The second kappa shape index (κ2) is 11.4. The number of urea groups is 1. The highest BCUT2D eigenvalue weighted by Gasteiger charge is 2.34. The lowest BCUT2D eigenvalue weighted by Crippen LogP contribution is -2.51. The van der Waals surface area contributed by atoms with Crippen molar-refractivity contribution in [3.63, 3.8) is 0 Å². The fourth-order valence-corrected chi connectivity index (χ4v) is 6.51. The van der Waals surface area contributed by atoms with Crippen molar-refractivity contribution in [3.8, 4) is 11.5 Å². The molecular formula is C31H31N5O5S. The number of nitrogens with zero attached hydrogens (tertiary/aromatic N) is 3. The molecule has 11 heteroatoms. The van der Waals surface area contributed by atoms with Crippen molar-refractivity contribution in [2.24, 2.45) is 5.92 Å². The van der Waals surface area contributed by atoms with E-state index in [0.29, 0.717) is 51.0 Å². The minimum absolute atomic E-state index is 0.121. The molecule has 42 heavy (non-hydrogen) atoms. The Morgan fingerprint density at radius 1 is 1.17 bits per heavy atom. The van der Waals surface area contributed by atoms with Gasteiger partial charge in [0.1, 0.15) is 21.2 Å². The molecule has 0 bridgehead atoms. The summed E-state index contributed by atoms with van der Waals surface area (Å²) in [7, 11) is 0. The van der Waals surface area contributed by atoms with E-state index >= 15 is 0 Å². The molecule has 0 radical (unpaired) electrons. The Bertz CT molecular complexity index is 1670. The molecule has 2 aromatic heterocycles. The summed E-state index contributed by atoms with van der Waals surface area (Å²) in [5, 5.41) is 16.1. The van der Waals surface area contributed by atoms with Gasteiger partial charge in [0.25, 0.3) is 5.91 Å². The summed E-state index contributed by atoms with van der Waals surface area (Å²) in [6.07, 6.45) is 3.12. The van der Waals surface area contributed by atoms with Crippen LogP contribution in [0.15, 0.2) is 60.8 Å². The number of thiophene rings is 1. The van der Waals surface area contributed by atoms with Gasteiger partial charge < -0.3 is 25.4 Å². The molecule has 2 aromatic carbocycles. The van der Waals surface area contributed by atoms with Crippen LogP contribution in [0.4, 0.5) is 21.9 Å². The zero-order valence-electron chi connectivity index (χ0n) is 23.3. The van der Waals surface area contributed by atoms with Crippen LogP contribution in [0.25, 0.3) is 10.2 Å². The van der Waals surface area contributed by atoms with Crippen LogP contribution in [0, 0.1) is 12.8 Å². The average Bonchev–Trinajstić information content (AvgIpc) is 3.37. The lowest BCUT2D eigenvalue weighted by atomic mass is 10.0. The number of carbonyl (C=O) groups excluding carboxylic acids is 3. The number of nitrogens with one attached hydrogen (secondary N) is 2. The van der Waals surface area contributed by atoms with E-state index in [0.717, 1.165) is 24.2 Å². The summed E-state index contributed by atoms with van der Waals surface area (Å²) in [6.45, 7) is 4.37. The van der Waals surface area contributed by atoms with Gasteiger partial charge in [-0.05, 0) is 61.7 Å². The minimum atomic E-state index is -0.481. The van der Waals surface area contributed by atoms with Crippen molar-refractivity contribution >= 4 is 56.5 Å². The van der Waals surface area contributed by atoms with Crippen molar-refractivity contribution in [2.45, 2.75) is 32.7 Å². The van der Waals surface area contributed by atoms with E-state index < -0.39 is 5.92 Å². The molecule has 216 valence electrons. The van der Waals surface area contributed by atoms with Gasteiger partial charge in [-0.1, -0.05) is 25.1 Å². The van der Waals surface area contributed by atoms with E-state index in [1.807, 2.05) is 55.5 Å². The topological polar surface area (TPSA) is 124 Å². The molecule has 0 aliphatic carbocycles. The third-order valence-electron chi connectivity index (χ3n) is 7.60. The smallest absolute Gasteiger partial charge is 0.331 e. The van der Waals surface area contributed by atoms with E-state index in [9.17, 15) is 19.5 Å². The molecule has 2 atom stereocenters. The van der Waals surface area contributed by atoms with Crippen LogP contribution in [-0.4, -0.2) is 58.6 Å². The van der Waals surface area contributed by atoms with Crippen LogP contribution in [0.2, 0.25) is 0 Å². The summed E-state index contributed by atoms with van der Waals surface area (Å²) >= 11 is 1.22. The zero-order valence-corrected chi connectivity index (χ0v) is 24.1. The molecular weight excluding hydrogens is 554 g/mol. The van der Waals surface area contributed by atoms with Crippen LogP contribution in [0.3, 0.4) is 0 Å². The van der Waals surface area contributed by atoms with Gasteiger partial charge in [-0.3, -0.25) is 14.5 Å². The second-order valence-corrected chi connectivity index (χ2v) is 11.6. The molecule has 6 rings (SSSR count). The van der Waals surface area contributed by atoms with E-state index in [4.69, 9.17) is 4.74 Å². The monoisotopic (exact) mass is 585 g/mol.